The first-order valence-electron chi connectivity index (χ1n) is 13.8. The molecule has 1 heterocycles. The maximum Gasteiger partial charge on any atom is 0.224 e. The molecule has 3 aliphatic carbocycles. The molecule has 0 N–H and O–H groups in total. The van der Waals surface area contributed by atoms with Gasteiger partial charge in [-0.25, -0.2) is 0 Å². The zero-order valence-electron chi connectivity index (χ0n) is 20.3. The summed E-state index contributed by atoms with van der Waals surface area (Å²) in [6.07, 6.45) is 23.4. The van der Waals surface area contributed by atoms with Crippen molar-refractivity contribution in [1.82, 2.24) is 0 Å². The highest BCUT2D eigenvalue weighted by atomic mass is 16.7. The summed E-state index contributed by atoms with van der Waals surface area (Å²) in [5, 5.41) is 0. The van der Waals surface area contributed by atoms with Crippen LogP contribution in [0.15, 0.2) is 30.3 Å². The monoisotopic (exact) mass is 438 g/mol. The van der Waals surface area contributed by atoms with E-state index in [0.717, 1.165) is 37.9 Å². The first-order valence-corrected chi connectivity index (χ1v) is 13.8. The number of ether oxygens (including phenoxy) is 2. The van der Waals surface area contributed by atoms with E-state index in [9.17, 15) is 0 Å². The third-order valence-corrected chi connectivity index (χ3v) is 8.37. The summed E-state index contributed by atoms with van der Waals surface area (Å²) in [5.74, 6) is 2.10. The van der Waals surface area contributed by atoms with Gasteiger partial charge in [-0.15, -0.1) is 0 Å². The van der Waals surface area contributed by atoms with Crippen LogP contribution in [0.5, 0.6) is 0 Å². The van der Waals surface area contributed by atoms with E-state index < -0.39 is 0 Å². The fourth-order valence-electron chi connectivity index (χ4n) is 6.51. The highest BCUT2D eigenvalue weighted by Crippen LogP contribution is 2.39. The fraction of sp³-hybridized carbons (Fsp3) is 0.733. The van der Waals surface area contributed by atoms with E-state index in [2.05, 4.69) is 37.3 Å². The Labute approximate surface area is 197 Å². The summed E-state index contributed by atoms with van der Waals surface area (Å²) in [6, 6.07) is 11.0. The van der Waals surface area contributed by atoms with E-state index in [1.165, 1.54) is 89.0 Å². The van der Waals surface area contributed by atoms with Gasteiger partial charge >= 0.3 is 0 Å². The molecule has 1 aromatic rings. The molecule has 0 aromatic heterocycles. The molecule has 5 rings (SSSR count). The molecule has 0 amide bonds. The maximum absolute atomic E-state index is 6.76. The summed E-state index contributed by atoms with van der Waals surface area (Å²) in [4.78, 5) is 0. The summed E-state index contributed by atoms with van der Waals surface area (Å²) in [6.45, 7) is 4.14. The van der Waals surface area contributed by atoms with Crippen LogP contribution in [0.3, 0.4) is 0 Å². The quantitative estimate of drug-likeness (QED) is 0.442. The lowest BCUT2D eigenvalue weighted by Crippen LogP contribution is -2.26. The Morgan fingerprint density at radius 1 is 0.781 bits per heavy atom. The third kappa shape index (κ3) is 7.32. The Hall–Kier alpha value is -0.860. The number of fused-ring (bicyclic) bond motifs is 8. The average molecular weight is 439 g/mol. The minimum absolute atomic E-state index is 0.363. The van der Waals surface area contributed by atoms with Gasteiger partial charge < -0.3 is 9.47 Å². The minimum atomic E-state index is 0.363. The Morgan fingerprint density at radius 2 is 1.50 bits per heavy atom. The highest BCUT2D eigenvalue weighted by Gasteiger charge is 2.34. The van der Waals surface area contributed by atoms with Crippen LogP contribution in [0.25, 0.3) is 0 Å². The normalized spacial score (nSPS) is 31.5. The number of benzene rings is 1. The van der Waals surface area contributed by atoms with Crippen molar-refractivity contribution >= 4 is 0 Å². The Bertz CT molecular complexity index is 615. The van der Waals surface area contributed by atoms with Crippen LogP contribution in [-0.4, -0.2) is 12.2 Å². The number of hydrogen-bond donors (Lipinski definition) is 0. The maximum atomic E-state index is 6.76. The summed E-state index contributed by atoms with van der Waals surface area (Å²) in [5.41, 5.74) is 1.44. The van der Waals surface area contributed by atoms with Gasteiger partial charge in [0.05, 0.1) is 12.2 Å². The van der Waals surface area contributed by atoms with Gasteiger partial charge in [0.25, 0.3) is 0 Å². The van der Waals surface area contributed by atoms with E-state index in [1.54, 1.807) is 0 Å². The van der Waals surface area contributed by atoms with Crippen LogP contribution in [-0.2, 0) is 9.47 Å². The van der Waals surface area contributed by atoms with Crippen LogP contribution >= 0.6 is 0 Å². The van der Waals surface area contributed by atoms with Gasteiger partial charge in [-0.05, 0) is 68.3 Å². The van der Waals surface area contributed by atoms with Crippen LogP contribution in [0.1, 0.15) is 121 Å². The van der Waals surface area contributed by atoms with Crippen molar-refractivity contribution in [2.45, 2.75) is 127 Å². The molecule has 1 saturated heterocycles. The zero-order chi connectivity index (χ0) is 22.0. The second-order valence-electron chi connectivity index (χ2n) is 10.8. The van der Waals surface area contributed by atoms with E-state index in [1.807, 2.05) is 0 Å². The molecule has 2 radical (unpaired) electrons. The topological polar surface area (TPSA) is 18.5 Å². The molecule has 4 fully saturated rings. The molecule has 3 saturated carbocycles. The van der Waals surface area contributed by atoms with E-state index in [4.69, 9.17) is 9.47 Å². The summed E-state index contributed by atoms with van der Waals surface area (Å²) in [7, 11) is 0. The average Bonchev–Trinajstić information content (AvgIpc) is 2.99. The van der Waals surface area contributed by atoms with Crippen molar-refractivity contribution in [1.29, 1.82) is 0 Å². The fourth-order valence-corrected chi connectivity index (χ4v) is 6.51. The van der Waals surface area contributed by atoms with Crippen molar-refractivity contribution < 1.29 is 9.47 Å². The molecular formula is C30H46O2. The van der Waals surface area contributed by atoms with E-state index in [0.29, 0.717) is 24.0 Å². The summed E-state index contributed by atoms with van der Waals surface area (Å²) >= 11 is 0. The number of rotatable bonds is 6. The van der Waals surface area contributed by atoms with Gasteiger partial charge in [0.1, 0.15) is 0 Å². The molecule has 3 unspecified atom stereocenters. The Kier molecular flexibility index (Phi) is 9.96. The molecule has 32 heavy (non-hydrogen) atoms. The molecule has 1 aromatic carbocycles. The second-order valence-corrected chi connectivity index (χ2v) is 10.8. The first kappa shape index (κ1) is 24.3. The zero-order valence-corrected chi connectivity index (χ0v) is 20.3. The predicted molar refractivity (Wildman–Crippen MR) is 133 cm³/mol. The van der Waals surface area contributed by atoms with Gasteiger partial charge in [0.2, 0.25) is 6.29 Å². The van der Waals surface area contributed by atoms with Gasteiger partial charge in [-0.2, -0.15) is 0 Å². The molecule has 0 spiro atoms. The van der Waals surface area contributed by atoms with Crippen molar-refractivity contribution in [3.63, 3.8) is 0 Å². The Morgan fingerprint density at radius 3 is 2.22 bits per heavy atom. The van der Waals surface area contributed by atoms with Gasteiger partial charge in [0, 0.05) is 6.42 Å². The smallest absolute Gasteiger partial charge is 0.224 e. The second kappa shape index (κ2) is 13.1. The predicted octanol–water partition coefficient (Wildman–Crippen LogP) is 8.77. The van der Waals surface area contributed by atoms with Crippen LogP contribution in [0.4, 0.5) is 0 Å². The largest absolute Gasteiger partial charge is 0.342 e. The van der Waals surface area contributed by atoms with Crippen molar-refractivity contribution in [2.75, 3.05) is 0 Å². The minimum Gasteiger partial charge on any atom is -0.342 e. The molecule has 2 nitrogen and oxygen atoms in total. The van der Waals surface area contributed by atoms with Crippen LogP contribution in [0.2, 0.25) is 0 Å². The van der Waals surface area contributed by atoms with Gasteiger partial charge in [-0.1, -0.05) is 95.0 Å². The standard InChI is InChI=1S/C30H46O2/c1-2-12-25(26-15-8-5-9-16-26)19-22-30-31-28-20-21-29(32-30)27-17-10-3-6-13-24(23-28)14-7-4-11-18-27/h5,8-9,15-16,24-25,27-29H,1-4,6-7,10-14,17-23H2. The SMILES string of the molecule is [CH2]CCC(CC[C]1OC2CCC(O1)C1CCCCCC(CCCCC1)C2)c1ccccc1. The lowest BCUT2D eigenvalue weighted by molar-refractivity contribution is -0.107. The molecule has 178 valence electrons. The summed E-state index contributed by atoms with van der Waals surface area (Å²) < 4.78 is 13.5. The first-order chi connectivity index (χ1) is 15.8. The van der Waals surface area contributed by atoms with Gasteiger partial charge in [-0.3, -0.25) is 0 Å². The van der Waals surface area contributed by atoms with Crippen molar-refractivity contribution in [2.24, 2.45) is 11.8 Å². The van der Waals surface area contributed by atoms with Gasteiger partial charge in [0.15, 0.2) is 0 Å². The molecule has 1 aliphatic heterocycles. The molecule has 2 heteroatoms. The molecule has 4 aliphatic rings. The Balaban J connectivity index is 1.47. The van der Waals surface area contributed by atoms with Crippen molar-refractivity contribution in [3.05, 3.63) is 49.1 Å². The molecule has 3 atom stereocenters. The lowest BCUT2D eigenvalue weighted by Gasteiger charge is -2.29. The van der Waals surface area contributed by atoms with Crippen molar-refractivity contribution in [3.8, 4) is 0 Å². The molecule has 4 bridgehead atoms. The molecular weight excluding hydrogens is 392 g/mol. The third-order valence-electron chi connectivity index (χ3n) is 8.37. The lowest BCUT2D eigenvalue weighted by atomic mass is 9.82. The van der Waals surface area contributed by atoms with Crippen LogP contribution < -0.4 is 0 Å². The van der Waals surface area contributed by atoms with E-state index >= 15 is 0 Å². The number of hydrogen-bond acceptors (Lipinski definition) is 2. The van der Waals surface area contributed by atoms with E-state index in [-0.39, 0.29) is 0 Å². The van der Waals surface area contributed by atoms with Crippen LogP contribution in [0, 0.1) is 25.0 Å². The highest BCUT2D eigenvalue weighted by molar-refractivity contribution is 5.19.